The number of benzene rings is 2. The van der Waals surface area contributed by atoms with Crippen molar-refractivity contribution in [2.24, 2.45) is 0 Å². The van der Waals surface area contributed by atoms with E-state index < -0.39 is 0 Å². The van der Waals surface area contributed by atoms with Gasteiger partial charge in [-0.25, -0.2) is 0 Å². The van der Waals surface area contributed by atoms with E-state index in [4.69, 9.17) is 14.0 Å². The molecule has 0 atom stereocenters. The van der Waals surface area contributed by atoms with Crippen molar-refractivity contribution in [2.45, 2.75) is 58.7 Å². The number of hydrogen-bond donors (Lipinski definition) is 1. The van der Waals surface area contributed by atoms with E-state index in [1.54, 1.807) is 0 Å². The number of anilines is 1. The average Bonchev–Trinajstić information content (AvgIpc) is 3.37. The fraction of sp³-hybridized carbons (Fsp3) is 0.360. The molecule has 1 amide bonds. The van der Waals surface area contributed by atoms with Crippen LogP contribution in [0.3, 0.4) is 0 Å². The summed E-state index contributed by atoms with van der Waals surface area (Å²) in [4.78, 5) is 12.5. The van der Waals surface area contributed by atoms with Crippen molar-refractivity contribution in [3.05, 3.63) is 71.1 Å². The number of amides is 1. The zero-order valence-electron chi connectivity index (χ0n) is 18.0. The molecule has 31 heavy (non-hydrogen) atoms. The molecule has 6 heteroatoms. The summed E-state index contributed by atoms with van der Waals surface area (Å²) < 4.78 is 17.0. The fourth-order valence-electron chi connectivity index (χ4n) is 3.80. The van der Waals surface area contributed by atoms with E-state index in [-0.39, 0.29) is 12.3 Å². The Morgan fingerprint density at radius 3 is 2.58 bits per heavy atom. The van der Waals surface area contributed by atoms with Gasteiger partial charge in [-0.3, -0.25) is 4.79 Å². The predicted molar refractivity (Wildman–Crippen MR) is 118 cm³/mol. The van der Waals surface area contributed by atoms with E-state index in [0.717, 1.165) is 52.6 Å². The lowest BCUT2D eigenvalue weighted by Gasteiger charge is -2.14. The third-order valence-corrected chi connectivity index (χ3v) is 5.58. The average molecular weight is 421 g/mol. The molecule has 0 bridgehead atoms. The number of nitrogens with one attached hydrogen (secondary N) is 1. The van der Waals surface area contributed by atoms with Crippen molar-refractivity contribution in [1.29, 1.82) is 0 Å². The van der Waals surface area contributed by atoms with E-state index in [1.165, 1.54) is 12.8 Å². The van der Waals surface area contributed by atoms with Gasteiger partial charge in [0.25, 0.3) is 0 Å². The Bertz CT molecular complexity index is 1000. The van der Waals surface area contributed by atoms with E-state index in [0.29, 0.717) is 12.7 Å². The predicted octanol–water partition coefficient (Wildman–Crippen LogP) is 5.37. The standard InChI is InChI=1S/C25H28N2O4/c1-17-24(18(2)31-27-17)16-29-21-12-10-19(11-13-21)14-25(28)26-20-6-5-9-23(15-20)30-22-7-3-4-8-22/h5-6,9-13,15,22H,3-4,7-8,14,16H2,1-2H3,(H,26,28). The van der Waals surface area contributed by atoms with Crippen LogP contribution in [0.4, 0.5) is 5.69 Å². The van der Waals surface area contributed by atoms with Crippen molar-refractivity contribution in [1.82, 2.24) is 5.16 Å². The van der Waals surface area contributed by atoms with Crippen LogP contribution in [-0.4, -0.2) is 17.2 Å². The zero-order valence-corrected chi connectivity index (χ0v) is 18.0. The van der Waals surface area contributed by atoms with Gasteiger partial charge in [-0.1, -0.05) is 23.4 Å². The number of rotatable bonds is 8. The summed E-state index contributed by atoms with van der Waals surface area (Å²) in [6.45, 7) is 4.17. The van der Waals surface area contributed by atoms with Gasteiger partial charge in [0.2, 0.25) is 5.91 Å². The molecule has 162 valence electrons. The topological polar surface area (TPSA) is 73.6 Å². The number of aromatic nitrogens is 1. The van der Waals surface area contributed by atoms with Gasteiger partial charge in [-0.05, 0) is 69.4 Å². The second kappa shape index (κ2) is 9.69. The first-order valence-corrected chi connectivity index (χ1v) is 10.8. The number of ether oxygens (including phenoxy) is 2. The first kappa shape index (κ1) is 21.0. The molecule has 6 nitrogen and oxygen atoms in total. The van der Waals surface area contributed by atoms with E-state index in [2.05, 4.69) is 10.5 Å². The highest BCUT2D eigenvalue weighted by atomic mass is 16.5. The molecule has 4 rings (SSSR count). The van der Waals surface area contributed by atoms with Crippen LogP contribution >= 0.6 is 0 Å². The van der Waals surface area contributed by atoms with Crippen LogP contribution in [-0.2, 0) is 17.8 Å². The largest absolute Gasteiger partial charge is 0.490 e. The Labute approximate surface area is 182 Å². The lowest BCUT2D eigenvalue weighted by molar-refractivity contribution is -0.115. The minimum absolute atomic E-state index is 0.0672. The Hall–Kier alpha value is -3.28. The molecule has 3 aromatic rings. The molecular formula is C25H28N2O4. The molecule has 1 aromatic heterocycles. The molecule has 1 fully saturated rings. The quantitative estimate of drug-likeness (QED) is 0.530. The van der Waals surface area contributed by atoms with Gasteiger partial charge in [0, 0.05) is 11.8 Å². The zero-order chi connectivity index (χ0) is 21.6. The van der Waals surface area contributed by atoms with Crippen LogP contribution in [0.2, 0.25) is 0 Å². The van der Waals surface area contributed by atoms with Crippen LogP contribution in [0.1, 0.15) is 48.3 Å². The van der Waals surface area contributed by atoms with Crippen molar-refractivity contribution < 1.29 is 18.8 Å². The second-order valence-corrected chi connectivity index (χ2v) is 8.01. The smallest absolute Gasteiger partial charge is 0.228 e. The number of aryl methyl sites for hydroxylation is 2. The van der Waals surface area contributed by atoms with Gasteiger partial charge in [0.05, 0.1) is 23.8 Å². The van der Waals surface area contributed by atoms with Crippen molar-refractivity contribution in [3.8, 4) is 11.5 Å². The molecule has 0 aliphatic heterocycles. The Morgan fingerprint density at radius 1 is 1.10 bits per heavy atom. The lowest BCUT2D eigenvalue weighted by atomic mass is 10.1. The highest BCUT2D eigenvalue weighted by Gasteiger charge is 2.16. The van der Waals surface area contributed by atoms with Crippen LogP contribution in [0.15, 0.2) is 53.1 Å². The number of hydrogen-bond acceptors (Lipinski definition) is 5. The molecule has 2 aromatic carbocycles. The van der Waals surface area contributed by atoms with Crippen LogP contribution in [0.5, 0.6) is 11.5 Å². The molecule has 0 spiro atoms. The highest BCUT2D eigenvalue weighted by Crippen LogP contribution is 2.26. The number of carbonyl (C=O) groups excluding carboxylic acids is 1. The lowest BCUT2D eigenvalue weighted by Crippen LogP contribution is -2.15. The number of nitrogens with zero attached hydrogens (tertiary/aromatic N) is 1. The third kappa shape index (κ3) is 5.66. The summed E-state index contributed by atoms with van der Waals surface area (Å²) in [7, 11) is 0. The second-order valence-electron chi connectivity index (χ2n) is 8.01. The van der Waals surface area contributed by atoms with Gasteiger partial charge in [0.15, 0.2) is 0 Å². The summed E-state index contributed by atoms with van der Waals surface area (Å²) in [5, 5.41) is 6.89. The third-order valence-electron chi connectivity index (χ3n) is 5.58. The minimum Gasteiger partial charge on any atom is -0.490 e. The maximum Gasteiger partial charge on any atom is 0.228 e. The SMILES string of the molecule is Cc1noc(C)c1COc1ccc(CC(=O)Nc2cccc(OC3CCCC3)c2)cc1. The van der Waals surface area contributed by atoms with E-state index >= 15 is 0 Å². The van der Waals surface area contributed by atoms with E-state index in [9.17, 15) is 4.79 Å². The fourth-order valence-corrected chi connectivity index (χ4v) is 3.80. The highest BCUT2D eigenvalue weighted by molar-refractivity contribution is 5.92. The van der Waals surface area contributed by atoms with Crippen molar-refractivity contribution in [2.75, 3.05) is 5.32 Å². The first-order valence-electron chi connectivity index (χ1n) is 10.8. The summed E-state index contributed by atoms with van der Waals surface area (Å²) >= 11 is 0. The Balaban J connectivity index is 1.28. The molecule has 1 saturated carbocycles. The molecule has 1 N–H and O–H groups in total. The molecule has 0 radical (unpaired) electrons. The summed E-state index contributed by atoms with van der Waals surface area (Å²) in [6, 6.07) is 15.2. The maximum atomic E-state index is 12.5. The van der Waals surface area contributed by atoms with Gasteiger partial charge in [0.1, 0.15) is 23.9 Å². The summed E-state index contributed by atoms with van der Waals surface area (Å²) in [5.74, 6) is 2.25. The molecule has 1 aliphatic carbocycles. The molecular weight excluding hydrogens is 392 g/mol. The van der Waals surface area contributed by atoms with E-state index in [1.807, 2.05) is 62.4 Å². The first-order chi connectivity index (χ1) is 15.1. The van der Waals surface area contributed by atoms with Gasteiger partial charge >= 0.3 is 0 Å². The molecule has 1 aliphatic rings. The minimum atomic E-state index is -0.0672. The van der Waals surface area contributed by atoms with Crippen molar-refractivity contribution in [3.63, 3.8) is 0 Å². The van der Waals surface area contributed by atoms with Crippen LogP contribution in [0.25, 0.3) is 0 Å². The Morgan fingerprint density at radius 2 is 1.87 bits per heavy atom. The molecule has 1 heterocycles. The number of carbonyl (C=O) groups is 1. The van der Waals surface area contributed by atoms with Crippen LogP contribution < -0.4 is 14.8 Å². The summed E-state index contributed by atoms with van der Waals surface area (Å²) in [5.41, 5.74) is 3.46. The normalized spacial score (nSPS) is 13.9. The van der Waals surface area contributed by atoms with Crippen molar-refractivity contribution >= 4 is 11.6 Å². The molecule has 0 saturated heterocycles. The maximum absolute atomic E-state index is 12.5. The molecule has 0 unspecified atom stereocenters. The van der Waals surface area contributed by atoms with Crippen LogP contribution in [0, 0.1) is 13.8 Å². The van der Waals surface area contributed by atoms with Gasteiger partial charge in [-0.2, -0.15) is 0 Å². The van der Waals surface area contributed by atoms with Gasteiger partial charge < -0.3 is 19.3 Å². The monoisotopic (exact) mass is 420 g/mol. The Kier molecular flexibility index (Phi) is 6.55. The summed E-state index contributed by atoms with van der Waals surface area (Å²) in [6.07, 6.45) is 5.25. The van der Waals surface area contributed by atoms with Gasteiger partial charge in [-0.15, -0.1) is 0 Å².